The van der Waals surface area contributed by atoms with Gasteiger partial charge in [0.15, 0.2) is 6.04 Å². The van der Waals surface area contributed by atoms with Crippen molar-refractivity contribution in [1.29, 1.82) is 0 Å². The third-order valence-electron chi connectivity index (χ3n) is 4.58. The largest absolute Gasteiger partial charge is 0.370 e. The molecule has 2 fully saturated rings. The maximum absolute atomic E-state index is 12.3. The minimum atomic E-state index is -1.06. The van der Waals surface area contributed by atoms with Crippen LogP contribution >= 0.6 is 0 Å². The molecular weight excluding hydrogens is 336 g/mol. The van der Waals surface area contributed by atoms with E-state index in [9.17, 15) is 14.4 Å². The molecule has 1 saturated heterocycles. The van der Waals surface area contributed by atoms with E-state index in [0.29, 0.717) is 31.3 Å². The van der Waals surface area contributed by atoms with Crippen molar-refractivity contribution < 1.29 is 19.1 Å². The second-order valence-corrected chi connectivity index (χ2v) is 6.66. The summed E-state index contributed by atoms with van der Waals surface area (Å²) in [6.07, 6.45) is 3.37. The predicted octanol–water partition coefficient (Wildman–Crippen LogP) is 0.232. The van der Waals surface area contributed by atoms with Gasteiger partial charge in [0, 0.05) is 17.9 Å². The highest BCUT2D eigenvalue weighted by Crippen LogP contribution is 2.31. The second kappa shape index (κ2) is 8.29. The summed E-state index contributed by atoms with van der Waals surface area (Å²) in [5, 5.41) is 5.61. The zero-order chi connectivity index (χ0) is 18.5. The number of amides is 3. The van der Waals surface area contributed by atoms with E-state index in [1.807, 2.05) is 0 Å². The van der Waals surface area contributed by atoms with Crippen LogP contribution < -0.4 is 21.3 Å². The Kier molecular flexibility index (Phi) is 5.85. The van der Waals surface area contributed by atoms with Crippen LogP contribution in [0.3, 0.4) is 0 Å². The summed E-state index contributed by atoms with van der Waals surface area (Å²) >= 11 is 0. The molecule has 1 heterocycles. The van der Waals surface area contributed by atoms with E-state index in [0.717, 1.165) is 12.1 Å². The lowest BCUT2D eigenvalue weighted by atomic mass is 10.2. The molecule has 3 rings (SSSR count). The number of carbonyl (C=O) groups is 3. The summed E-state index contributed by atoms with van der Waals surface area (Å²) in [6.45, 7) is 1.66. The Morgan fingerprint density at radius 2 is 2.00 bits per heavy atom. The summed E-state index contributed by atoms with van der Waals surface area (Å²) in [6, 6.07) is 5.82. The van der Waals surface area contributed by atoms with Gasteiger partial charge in [-0.1, -0.05) is 12.8 Å². The number of hydrogen-bond donors (Lipinski definition) is 3. The normalized spacial score (nSPS) is 18.5. The number of nitrogens with zero attached hydrogens (tertiary/aromatic N) is 1. The number of rotatable bonds is 8. The summed E-state index contributed by atoms with van der Waals surface area (Å²) in [4.78, 5) is 37.4. The molecular formula is C18H24N4O4. The lowest BCUT2D eigenvalue weighted by Gasteiger charge is -2.27. The molecule has 0 unspecified atom stereocenters. The van der Waals surface area contributed by atoms with Gasteiger partial charge in [-0.2, -0.15) is 0 Å². The molecule has 26 heavy (non-hydrogen) atoms. The number of nitrogens with two attached hydrogens (primary N) is 1. The van der Waals surface area contributed by atoms with Crippen LogP contribution in [0.1, 0.15) is 19.3 Å². The van der Waals surface area contributed by atoms with Crippen molar-refractivity contribution >= 4 is 29.1 Å². The quantitative estimate of drug-likeness (QED) is 0.575. The Labute approximate surface area is 152 Å². The summed E-state index contributed by atoms with van der Waals surface area (Å²) in [5.41, 5.74) is 6.62. The van der Waals surface area contributed by atoms with E-state index < -0.39 is 17.9 Å². The molecule has 8 nitrogen and oxygen atoms in total. The lowest BCUT2D eigenvalue weighted by Crippen LogP contribution is -2.50. The highest BCUT2D eigenvalue weighted by atomic mass is 16.5. The highest BCUT2D eigenvalue weighted by molar-refractivity contribution is 6.09. The second-order valence-electron chi connectivity index (χ2n) is 6.66. The van der Waals surface area contributed by atoms with Crippen LogP contribution in [0.25, 0.3) is 0 Å². The summed E-state index contributed by atoms with van der Waals surface area (Å²) in [5.74, 6) is -0.575. The van der Waals surface area contributed by atoms with Gasteiger partial charge in [-0.15, -0.1) is 0 Å². The van der Waals surface area contributed by atoms with Gasteiger partial charge in [-0.25, -0.2) is 0 Å². The molecule has 4 N–H and O–H groups in total. The maximum atomic E-state index is 12.3. The zero-order valence-electron chi connectivity index (χ0n) is 14.6. The molecule has 0 radical (unpaired) electrons. The zero-order valence-corrected chi connectivity index (χ0v) is 14.6. The SMILES string of the molecule is NC(=O)[C@H](NCCC1CC1)C(=O)Nc1ccc(N2CCOCC2=O)cc1. The van der Waals surface area contributed by atoms with Gasteiger partial charge in [-0.05, 0) is 43.1 Å². The number of nitrogens with one attached hydrogen (secondary N) is 2. The molecule has 3 amide bonds. The van der Waals surface area contributed by atoms with Crippen molar-refractivity contribution in [3.63, 3.8) is 0 Å². The number of carbonyl (C=O) groups excluding carboxylic acids is 3. The van der Waals surface area contributed by atoms with Crippen molar-refractivity contribution in [3.8, 4) is 0 Å². The first-order valence-corrected chi connectivity index (χ1v) is 8.86. The highest BCUT2D eigenvalue weighted by Gasteiger charge is 2.26. The van der Waals surface area contributed by atoms with E-state index in [2.05, 4.69) is 10.6 Å². The average Bonchev–Trinajstić information content (AvgIpc) is 3.44. The van der Waals surface area contributed by atoms with Gasteiger partial charge in [0.05, 0.1) is 6.61 Å². The summed E-state index contributed by atoms with van der Waals surface area (Å²) in [7, 11) is 0. The topological polar surface area (TPSA) is 114 Å². The molecule has 0 aromatic heterocycles. The van der Waals surface area contributed by atoms with E-state index >= 15 is 0 Å². The molecule has 1 saturated carbocycles. The molecule has 140 valence electrons. The maximum Gasteiger partial charge on any atom is 0.253 e. The van der Waals surface area contributed by atoms with E-state index in [1.165, 1.54) is 12.8 Å². The Bertz CT molecular complexity index is 672. The van der Waals surface area contributed by atoms with Crippen LogP contribution in [0.2, 0.25) is 0 Å². The molecule has 1 aliphatic carbocycles. The van der Waals surface area contributed by atoms with Crippen molar-refractivity contribution in [1.82, 2.24) is 5.32 Å². The van der Waals surface area contributed by atoms with E-state index in [4.69, 9.17) is 10.5 Å². The molecule has 0 bridgehead atoms. The minimum Gasteiger partial charge on any atom is -0.370 e. The minimum absolute atomic E-state index is 0.0747. The first-order valence-electron chi connectivity index (χ1n) is 8.86. The molecule has 1 atom stereocenters. The smallest absolute Gasteiger partial charge is 0.253 e. The Morgan fingerprint density at radius 3 is 2.62 bits per heavy atom. The van der Waals surface area contributed by atoms with Crippen LogP contribution in [0, 0.1) is 5.92 Å². The fourth-order valence-electron chi connectivity index (χ4n) is 2.89. The monoisotopic (exact) mass is 360 g/mol. The van der Waals surface area contributed by atoms with Crippen LogP contribution in [0.5, 0.6) is 0 Å². The first kappa shape index (κ1) is 18.3. The molecule has 2 aliphatic rings. The van der Waals surface area contributed by atoms with Gasteiger partial charge in [0.1, 0.15) is 6.61 Å². The fourth-order valence-corrected chi connectivity index (χ4v) is 2.89. The van der Waals surface area contributed by atoms with Crippen molar-refractivity contribution in [2.45, 2.75) is 25.3 Å². The number of benzene rings is 1. The van der Waals surface area contributed by atoms with Gasteiger partial charge in [0.25, 0.3) is 11.8 Å². The third-order valence-corrected chi connectivity index (χ3v) is 4.58. The molecule has 8 heteroatoms. The predicted molar refractivity (Wildman–Crippen MR) is 96.6 cm³/mol. The number of hydrogen-bond acceptors (Lipinski definition) is 5. The van der Waals surface area contributed by atoms with Gasteiger partial charge in [0.2, 0.25) is 5.91 Å². The van der Waals surface area contributed by atoms with Crippen molar-refractivity contribution in [3.05, 3.63) is 24.3 Å². The summed E-state index contributed by atoms with van der Waals surface area (Å²) < 4.78 is 5.11. The number of primary amides is 1. The van der Waals surface area contributed by atoms with Crippen molar-refractivity contribution in [2.75, 3.05) is 36.5 Å². The standard InChI is InChI=1S/C18H24N4O4/c19-17(24)16(20-8-7-12-1-2-12)18(25)21-13-3-5-14(6-4-13)22-9-10-26-11-15(22)23/h3-6,12,16,20H,1-2,7-11H2,(H2,19,24)(H,21,25)/t16-/m0/s1. The molecule has 1 aromatic carbocycles. The fraction of sp³-hybridized carbons (Fsp3) is 0.500. The third kappa shape index (κ3) is 4.80. The number of anilines is 2. The Balaban J connectivity index is 1.56. The molecule has 0 spiro atoms. The number of ether oxygens (including phenoxy) is 1. The molecule has 1 aromatic rings. The Hall–Kier alpha value is -2.45. The van der Waals surface area contributed by atoms with E-state index in [-0.39, 0.29) is 12.5 Å². The Morgan fingerprint density at radius 1 is 1.27 bits per heavy atom. The van der Waals surface area contributed by atoms with Crippen LogP contribution in [0.4, 0.5) is 11.4 Å². The number of morpholine rings is 1. The van der Waals surface area contributed by atoms with Gasteiger partial charge >= 0.3 is 0 Å². The molecule has 1 aliphatic heterocycles. The van der Waals surface area contributed by atoms with Crippen LogP contribution in [0.15, 0.2) is 24.3 Å². The lowest BCUT2D eigenvalue weighted by molar-refractivity contribution is -0.128. The first-order chi connectivity index (χ1) is 12.5. The van der Waals surface area contributed by atoms with Gasteiger partial charge in [-0.3, -0.25) is 19.7 Å². The van der Waals surface area contributed by atoms with Crippen molar-refractivity contribution in [2.24, 2.45) is 11.7 Å². The van der Waals surface area contributed by atoms with Crippen LogP contribution in [-0.2, 0) is 19.1 Å². The van der Waals surface area contributed by atoms with Gasteiger partial charge < -0.3 is 20.7 Å². The van der Waals surface area contributed by atoms with E-state index in [1.54, 1.807) is 29.2 Å². The van der Waals surface area contributed by atoms with Crippen LogP contribution in [-0.4, -0.2) is 50.1 Å². The average molecular weight is 360 g/mol.